The fourth-order valence-electron chi connectivity index (χ4n) is 4.59. The van der Waals surface area contributed by atoms with Crippen LogP contribution in [-0.4, -0.2) is 86.7 Å². The number of thiazole rings is 1. The van der Waals surface area contributed by atoms with E-state index in [9.17, 15) is 13.2 Å². The van der Waals surface area contributed by atoms with E-state index in [1.807, 2.05) is 7.05 Å². The second-order valence-corrected chi connectivity index (χ2v) is 13.3. The van der Waals surface area contributed by atoms with Crippen molar-refractivity contribution in [2.75, 3.05) is 53.1 Å². The number of rotatable bonds is 8. The van der Waals surface area contributed by atoms with Crippen LogP contribution in [0.5, 0.6) is 0 Å². The van der Waals surface area contributed by atoms with E-state index in [0.29, 0.717) is 18.1 Å². The maximum absolute atomic E-state index is 12.9. The van der Waals surface area contributed by atoms with Crippen molar-refractivity contribution in [1.29, 1.82) is 0 Å². The zero-order chi connectivity index (χ0) is 26.7. The smallest absolute Gasteiger partial charge is 0.223 e. The molecule has 0 radical (unpaired) electrons. The molecule has 0 N–H and O–H groups in total. The second kappa shape index (κ2) is 11.7. The SMILES string of the molecule is CN=c1sc(CN(C)C)c(CN2CCN(C(=O)CCS(=O)(=O)c3ccc4cc(Cl)ccc4c3)CC2)n1C. The fourth-order valence-corrected chi connectivity index (χ4v) is 7.24. The van der Waals surface area contributed by atoms with Gasteiger partial charge in [0.1, 0.15) is 0 Å². The van der Waals surface area contributed by atoms with Crippen molar-refractivity contribution in [2.24, 2.45) is 12.0 Å². The van der Waals surface area contributed by atoms with E-state index in [1.54, 1.807) is 52.6 Å². The summed E-state index contributed by atoms with van der Waals surface area (Å²) in [6.07, 6.45) is -0.0190. The summed E-state index contributed by atoms with van der Waals surface area (Å²) in [7, 11) is 4.42. The second-order valence-electron chi connectivity index (χ2n) is 9.65. The summed E-state index contributed by atoms with van der Waals surface area (Å²) in [4.78, 5) is 26.1. The molecule has 0 aliphatic carbocycles. The number of hydrogen-bond donors (Lipinski definition) is 0. The molecule has 0 bridgehead atoms. The van der Waals surface area contributed by atoms with Crippen molar-refractivity contribution in [2.45, 2.75) is 24.4 Å². The predicted molar refractivity (Wildman–Crippen MR) is 150 cm³/mol. The molecule has 11 heteroatoms. The van der Waals surface area contributed by atoms with Gasteiger partial charge in [-0.25, -0.2) is 8.42 Å². The van der Waals surface area contributed by atoms with E-state index in [-0.39, 0.29) is 23.0 Å². The number of benzene rings is 2. The summed E-state index contributed by atoms with van der Waals surface area (Å²) >= 11 is 7.74. The number of halogens is 1. The highest BCUT2D eigenvalue weighted by molar-refractivity contribution is 7.91. The van der Waals surface area contributed by atoms with Gasteiger partial charge in [-0.05, 0) is 49.1 Å². The Bertz CT molecular complexity index is 1450. The third-order valence-electron chi connectivity index (χ3n) is 6.70. The predicted octanol–water partition coefficient (Wildman–Crippen LogP) is 2.99. The van der Waals surface area contributed by atoms with E-state index in [2.05, 4.69) is 40.5 Å². The molecule has 0 saturated carbocycles. The third-order valence-corrected chi connectivity index (χ3v) is 9.89. The molecule has 0 atom stereocenters. The highest BCUT2D eigenvalue weighted by atomic mass is 35.5. The zero-order valence-corrected chi connectivity index (χ0v) is 24.2. The van der Waals surface area contributed by atoms with Crippen LogP contribution < -0.4 is 4.80 Å². The van der Waals surface area contributed by atoms with E-state index < -0.39 is 9.84 Å². The number of piperazine rings is 1. The average molecular weight is 564 g/mol. The highest BCUT2D eigenvalue weighted by Crippen LogP contribution is 2.24. The van der Waals surface area contributed by atoms with Gasteiger partial charge in [-0.3, -0.25) is 14.7 Å². The van der Waals surface area contributed by atoms with Crippen LogP contribution in [0, 0.1) is 0 Å². The number of nitrogens with zero attached hydrogens (tertiary/aromatic N) is 5. The Kier molecular flexibility index (Phi) is 8.75. The number of carbonyl (C=O) groups excluding carboxylic acids is 1. The largest absolute Gasteiger partial charge is 0.340 e. The number of carbonyl (C=O) groups is 1. The minimum Gasteiger partial charge on any atom is -0.340 e. The van der Waals surface area contributed by atoms with Crippen LogP contribution in [0.25, 0.3) is 10.8 Å². The van der Waals surface area contributed by atoms with Crippen molar-refractivity contribution < 1.29 is 13.2 Å². The van der Waals surface area contributed by atoms with Gasteiger partial charge in [-0.2, -0.15) is 0 Å². The topological polar surface area (TPSA) is 78.2 Å². The maximum atomic E-state index is 12.9. The molecule has 0 spiro atoms. The van der Waals surface area contributed by atoms with Crippen molar-refractivity contribution in [3.8, 4) is 0 Å². The van der Waals surface area contributed by atoms with Crippen LogP contribution in [0.15, 0.2) is 46.3 Å². The lowest BCUT2D eigenvalue weighted by Crippen LogP contribution is -2.48. The fraction of sp³-hybridized carbons (Fsp3) is 0.462. The standard InChI is InChI=1S/C26H34ClN5O3S2/c1-28-26-30(4)23(24(36-26)18-29(2)3)17-31-10-12-32(13-11-31)25(33)9-14-37(34,35)22-8-6-19-15-21(27)7-5-20(19)16-22/h5-8,15-16H,9-14,17-18H2,1-4H3. The summed E-state index contributed by atoms with van der Waals surface area (Å²) in [6.45, 7) is 4.36. The van der Waals surface area contributed by atoms with Gasteiger partial charge in [0.25, 0.3) is 0 Å². The molecular weight excluding hydrogens is 530 g/mol. The Morgan fingerprint density at radius 1 is 1.08 bits per heavy atom. The van der Waals surface area contributed by atoms with E-state index in [0.717, 1.165) is 41.8 Å². The van der Waals surface area contributed by atoms with Crippen LogP contribution in [0.1, 0.15) is 17.0 Å². The maximum Gasteiger partial charge on any atom is 0.223 e. The van der Waals surface area contributed by atoms with Gasteiger partial charge in [-0.15, -0.1) is 11.3 Å². The molecular formula is C26H34ClN5O3S2. The minimum absolute atomic E-state index is 0.0190. The molecule has 3 aromatic rings. The first-order chi connectivity index (χ1) is 17.6. The molecule has 200 valence electrons. The molecule has 1 aromatic heterocycles. The van der Waals surface area contributed by atoms with Crippen LogP contribution in [-0.2, 0) is 34.8 Å². The van der Waals surface area contributed by atoms with E-state index >= 15 is 0 Å². The minimum atomic E-state index is -3.57. The number of amides is 1. The van der Waals surface area contributed by atoms with Gasteiger partial charge in [-0.1, -0.05) is 23.7 Å². The Labute approximate surface area is 227 Å². The molecule has 1 fully saturated rings. The lowest BCUT2D eigenvalue weighted by atomic mass is 10.1. The highest BCUT2D eigenvalue weighted by Gasteiger charge is 2.25. The Morgan fingerprint density at radius 3 is 2.43 bits per heavy atom. The molecule has 1 aliphatic heterocycles. The first-order valence-electron chi connectivity index (χ1n) is 12.2. The molecule has 1 aliphatic rings. The van der Waals surface area contributed by atoms with Gasteiger partial charge in [0.2, 0.25) is 5.91 Å². The molecule has 0 unspecified atom stereocenters. The average Bonchev–Trinajstić information content (AvgIpc) is 3.16. The molecule has 1 saturated heterocycles. The molecule has 4 rings (SSSR count). The summed E-state index contributed by atoms with van der Waals surface area (Å²) in [5, 5.41) is 2.29. The van der Waals surface area contributed by atoms with Gasteiger partial charge in [0.15, 0.2) is 14.6 Å². The Morgan fingerprint density at radius 2 is 1.76 bits per heavy atom. The number of hydrogen-bond acceptors (Lipinski definition) is 7. The first-order valence-corrected chi connectivity index (χ1v) is 15.1. The van der Waals surface area contributed by atoms with Crippen molar-refractivity contribution in [3.05, 3.63) is 56.8 Å². The van der Waals surface area contributed by atoms with E-state index in [1.165, 1.54) is 10.6 Å². The van der Waals surface area contributed by atoms with Crippen LogP contribution >= 0.6 is 22.9 Å². The van der Waals surface area contributed by atoms with Gasteiger partial charge in [0, 0.05) is 75.4 Å². The Balaban J connectivity index is 1.33. The number of aromatic nitrogens is 1. The van der Waals surface area contributed by atoms with Crippen molar-refractivity contribution in [3.63, 3.8) is 0 Å². The summed E-state index contributed by atoms with van der Waals surface area (Å²) in [5.41, 5.74) is 1.25. The molecule has 2 aromatic carbocycles. The van der Waals surface area contributed by atoms with Crippen LogP contribution in [0.4, 0.5) is 0 Å². The van der Waals surface area contributed by atoms with Crippen LogP contribution in [0.3, 0.4) is 0 Å². The van der Waals surface area contributed by atoms with Gasteiger partial charge >= 0.3 is 0 Å². The first kappa shape index (κ1) is 27.8. The summed E-state index contributed by atoms with van der Waals surface area (Å²) in [6, 6.07) is 10.3. The molecule has 37 heavy (non-hydrogen) atoms. The third kappa shape index (κ3) is 6.61. The van der Waals surface area contributed by atoms with Crippen molar-refractivity contribution >= 4 is 49.5 Å². The monoisotopic (exact) mass is 563 g/mol. The lowest BCUT2D eigenvalue weighted by Gasteiger charge is -2.35. The zero-order valence-electron chi connectivity index (χ0n) is 21.8. The normalized spacial score (nSPS) is 15.7. The Hall–Kier alpha value is -2.24. The lowest BCUT2D eigenvalue weighted by molar-refractivity contribution is -0.132. The number of fused-ring (bicyclic) bond motifs is 1. The summed E-state index contributed by atoms with van der Waals surface area (Å²) in [5.74, 6) is -0.315. The molecule has 1 amide bonds. The molecule has 2 heterocycles. The number of sulfone groups is 1. The molecule has 8 nitrogen and oxygen atoms in total. The quantitative estimate of drug-likeness (QED) is 0.421. The van der Waals surface area contributed by atoms with E-state index in [4.69, 9.17) is 11.6 Å². The summed E-state index contributed by atoms with van der Waals surface area (Å²) < 4.78 is 28.0. The van der Waals surface area contributed by atoms with Crippen molar-refractivity contribution in [1.82, 2.24) is 19.3 Å². The van der Waals surface area contributed by atoms with Gasteiger partial charge < -0.3 is 14.4 Å². The van der Waals surface area contributed by atoms with Gasteiger partial charge in [0.05, 0.1) is 10.6 Å². The van der Waals surface area contributed by atoms with Crippen LogP contribution in [0.2, 0.25) is 5.02 Å².